The Hall–Kier alpha value is -2.24. The van der Waals surface area contributed by atoms with Gasteiger partial charge in [-0.05, 0) is 68.6 Å². The maximum Gasteiger partial charge on any atom is 0.292 e. The average Bonchev–Trinajstić information content (AvgIpc) is 3.22. The lowest BCUT2D eigenvalue weighted by Crippen LogP contribution is -2.47. The van der Waals surface area contributed by atoms with Gasteiger partial charge >= 0.3 is 0 Å². The summed E-state index contributed by atoms with van der Waals surface area (Å²) in [6.07, 6.45) is 7.13. The van der Waals surface area contributed by atoms with E-state index in [1.165, 1.54) is 5.56 Å². The summed E-state index contributed by atoms with van der Waals surface area (Å²) in [5.41, 5.74) is 1.91. The molecule has 27 heavy (non-hydrogen) atoms. The van der Waals surface area contributed by atoms with Crippen LogP contribution >= 0.6 is 0 Å². The lowest BCUT2D eigenvalue weighted by Gasteiger charge is -2.39. The molecule has 0 spiro atoms. The Morgan fingerprint density at radius 2 is 1.93 bits per heavy atom. The zero-order valence-electron chi connectivity index (χ0n) is 15.7. The fraction of sp³-hybridized carbons (Fsp3) is 0.571. The van der Waals surface area contributed by atoms with Crippen LogP contribution in [0.4, 0.5) is 4.39 Å². The molecule has 2 aromatic rings. The monoisotopic (exact) mass is 368 g/mol. The van der Waals surface area contributed by atoms with E-state index >= 15 is 0 Å². The Balaban J connectivity index is 1.38. The summed E-state index contributed by atoms with van der Waals surface area (Å²) < 4.78 is 15.7. The molecule has 1 aromatic carbocycles. The van der Waals surface area contributed by atoms with Crippen molar-refractivity contribution in [2.24, 2.45) is 0 Å². The fourth-order valence-electron chi connectivity index (χ4n) is 5.28. The van der Waals surface area contributed by atoms with Gasteiger partial charge < -0.3 is 9.47 Å². The number of aromatic nitrogens is 3. The highest BCUT2D eigenvalue weighted by Gasteiger charge is 2.45. The van der Waals surface area contributed by atoms with Crippen molar-refractivity contribution in [1.82, 2.24) is 19.7 Å². The predicted molar refractivity (Wildman–Crippen MR) is 99.1 cm³/mol. The van der Waals surface area contributed by atoms with E-state index in [1.807, 2.05) is 23.6 Å². The quantitative estimate of drug-likeness (QED) is 0.814. The molecule has 0 radical (unpaired) electrons. The van der Waals surface area contributed by atoms with Crippen LogP contribution in [0.3, 0.4) is 0 Å². The number of amides is 1. The largest absolute Gasteiger partial charge is 0.330 e. The van der Waals surface area contributed by atoms with Gasteiger partial charge in [0.1, 0.15) is 11.6 Å². The summed E-state index contributed by atoms with van der Waals surface area (Å²) in [4.78, 5) is 15.4. The molecule has 3 aliphatic heterocycles. The minimum absolute atomic E-state index is 0.0527. The fourth-order valence-corrected chi connectivity index (χ4v) is 5.28. The van der Waals surface area contributed by atoms with Gasteiger partial charge in [0.15, 0.2) is 0 Å². The summed E-state index contributed by atoms with van der Waals surface area (Å²) in [5.74, 6) is 1.78. The SMILES string of the molecule is Cc1cc(C2C[C@H]3CC[C@@H](C2)N3C(=O)c2nnc3n2CCCC3)ccc1F. The first-order chi connectivity index (χ1) is 13.1. The number of aryl methyl sites for hydroxylation is 2. The van der Waals surface area contributed by atoms with Gasteiger partial charge in [-0.2, -0.15) is 0 Å². The normalized spacial score (nSPS) is 26.9. The maximum atomic E-state index is 13.6. The number of carbonyl (C=O) groups is 1. The molecular formula is C21H25FN4O. The van der Waals surface area contributed by atoms with E-state index in [0.29, 0.717) is 17.3 Å². The first-order valence-electron chi connectivity index (χ1n) is 10.1. The van der Waals surface area contributed by atoms with E-state index in [-0.39, 0.29) is 23.8 Å². The van der Waals surface area contributed by atoms with E-state index < -0.39 is 0 Å². The summed E-state index contributed by atoms with van der Waals surface area (Å²) >= 11 is 0. The molecule has 1 aromatic heterocycles. The van der Waals surface area contributed by atoms with Gasteiger partial charge in [0.25, 0.3) is 5.91 Å². The number of benzene rings is 1. The van der Waals surface area contributed by atoms with Crippen LogP contribution in [-0.4, -0.2) is 37.7 Å². The molecule has 5 rings (SSSR count). The highest BCUT2D eigenvalue weighted by Crippen LogP contribution is 2.43. The molecule has 2 saturated heterocycles. The highest BCUT2D eigenvalue weighted by atomic mass is 19.1. The number of nitrogens with zero attached hydrogens (tertiary/aromatic N) is 4. The lowest BCUT2D eigenvalue weighted by molar-refractivity contribution is 0.0552. The van der Waals surface area contributed by atoms with Crippen LogP contribution in [0.15, 0.2) is 18.2 Å². The van der Waals surface area contributed by atoms with E-state index in [0.717, 1.165) is 57.3 Å². The Labute approximate surface area is 158 Å². The summed E-state index contributed by atoms with van der Waals surface area (Å²) in [6, 6.07) is 5.98. The van der Waals surface area contributed by atoms with Crippen molar-refractivity contribution in [3.8, 4) is 0 Å². The van der Waals surface area contributed by atoms with Gasteiger partial charge in [-0.25, -0.2) is 4.39 Å². The molecule has 1 unspecified atom stereocenters. The standard InChI is InChI=1S/C21H25FN4O/c1-13-10-14(5-8-18(13)22)15-11-16-6-7-17(12-15)26(16)21(27)20-24-23-19-4-2-3-9-25(19)20/h5,8,10,15-17H,2-4,6-7,9,11-12H2,1H3/t15?,16-,17+. The number of piperidine rings is 1. The van der Waals surface area contributed by atoms with E-state index in [1.54, 1.807) is 6.07 Å². The zero-order chi connectivity index (χ0) is 18.5. The number of rotatable bonds is 2. The minimum atomic E-state index is -0.147. The third-order valence-electron chi connectivity index (χ3n) is 6.67. The molecule has 3 atom stereocenters. The van der Waals surface area contributed by atoms with E-state index in [9.17, 15) is 9.18 Å². The Morgan fingerprint density at radius 3 is 2.67 bits per heavy atom. The van der Waals surface area contributed by atoms with Crippen LogP contribution < -0.4 is 0 Å². The molecule has 0 saturated carbocycles. The molecule has 5 nitrogen and oxygen atoms in total. The molecule has 2 fully saturated rings. The van der Waals surface area contributed by atoms with Crippen LogP contribution in [0.2, 0.25) is 0 Å². The first-order valence-corrected chi connectivity index (χ1v) is 10.1. The van der Waals surface area contributed by atoms with Crippen LogP contribution in [0.1, 0.15) is 72.0 Å². The smallest absolute Gasteiger partial charge is 0.292 e. The first kappa shape index (κ1) is 16.9. The van der Waals surface area contributed by atoms with Crippen LogP contribution in [0.25, 0.3) is 0 Å². The number of carbonyl (C=O) groups excluding carboxylic acids is 1. The molecule has 142 valence electrons. The summed E-state index contributed by atoms with van der Waals surface area (Å²) in [7, 11) is 0. The predicted octanol–water partition coefficient (Wildman–Crippen LogP) is 3.61. The van der Waals surface area contributed by atoms with Crippen LogP contribution in [-0.2, 0) is 13.0 Å². The number of hydrogen-bond donors (Lipinski definition) is 0. The Bertz CT molecular complexity index is 878. The number of fused-ring (bicyclic) bond motifs is 3. The average molecular weight is 368 g/mol. The van der Waals surface area contributed by atoms with Gasteiger partial charge in [-0.15, -0.1) is 10.2 Å². The van der Waals surface area contributed by atoms with Crippen molar-refractivity contribution in [1.29, 1.82) is 0 Å². The van der Waals surface area contributed by atoms with Crippen molar-refractivity contribution in [3.05, 3.63) is 46.8 Å². The van der Waals surface area contributed by atoms with Gasteiger partial charge in [0, 0.05) is 25.0 Å². The second-order valence-corrected chi connectivity index (χ2v) is 8.32. The number of halogens is 1. The van der Waals surface area contributed by atoms with Gasteiger partial charge in [-0.3, -0.25) is 4.79 Å². The highest BCUT2D eigenvalue weighted by molar-refractivity contribution is 5.91. The number of hydrogen-bond acceptors (Lipinski definition) is 3. The van der Waals surface area contributed by atoms with Gasteiger partial charge in [0.05, 0.1) is 0 Å². The molecule has 0 N–H and O–H groups in total. The second-order valence-electron chi connectivity index (χ2n) is 8.32. The van der Waals surface area contributed by atoms with Gasteiger partial charge in [-0.1, -0.05) is 12.1 Å². The van der Waals surface area contributed by atoms with Crippen molar-refractivity contribution >= 4 is 5.91 Å². The third-order valence-corrected chi connectivity index (χ3v) is 6.67. The molecular weight excluding hydrogens is 343 g/mol. The van der Waals surface area contributed by atoms with Crippen molar-refractivity contribution in [3.63, 3.8) is 0 Å². The van der Waals surface area contributed by atoms with Crippen molar-refractivity contribution in [2.75, 3.05) is 0 Å². The second kappa shape index (κ2) is 6.43. The Morgan fingerprint density at radius 1 is 1.15 bits per heavy atom. The third kappa shape index (κ3) is 2.77. The molecule has 1 amide bonds. The topological polar surface area (TPSA) is 51.0 Å². The Kier molecular flexibility index (Phi) is 4.02. The molecule has 3 aliphatic rings. The van der Waals surface area contributed by atoms with Crippen LogP contribution in [0.5, 0.6) is 0 Å². The van der Waals surface area contributed by atoms with Gasteiger partial charge in [0.2, 0.25) is 5.82 Å². The summed E-state index contributed by atoms with van der Waals surface area (Å²) in [6.45, 7) is 2.67. The van der Waals surface area contributed by atoms with Crippen molar-refractivity contribution < 1.29 is 9.18 Å². The van der Waals surface area contributed by atoms with E-state index in [2.05, 4.69) is 15.1 Å². The lowest BCUT2D eigenvalue weighted by atomic mass is 9.84. The van der Waals surface area contributed by atoms with Crippen LogP contribution in [0, 0.1) is 12.7 Å². The van der Waals surface area contributed by atoms with E-state index in [4.69, 9.17) is 0 Å². The minimum Gasteiger partial charge on any atom is -0.330 e. The summed E-state index contributed by atoms with van der Waals surface area (Å²) in [5, 5.41) is 8.50. The van der Waals surface area contributed by atoms with Crippen molar-refractivity contribution in [2.45, 2.75) is 76.4 Å². The molecule has 2 bridgehead atoms. The molecule has 6 heteroatoms. The zero-order valence-corrected chi connectivity index (χ0v) is 15.7. The molecule has 0 aliphatic carbocycles. The molecule has 4 heterocycles. The maximum absolute atomic E-state index is 13.6.